The summed E-state index contributed by atoms with van der Waals surface area (Å²) in [5, 5.41) is 0. The van der Waals surface area contributed by atoms with Gasteiger partial charge < -0.3 is 46.8 Å². The standard InChI is InChI=1S/3C2H4.2BF4.2H3N/c3*1-2;2*2-1(3,4)5;;/h3*1-2H2;;;2*1H3/q;;;2*-1;;/p+2. The van der Waals surface area contributed by atoms with E-state index in [1.54, 1.807) is 0 Å². The molecule has 0 heterocycles. The van der Waals surface area contributed by atoms with Gasteiger partial charge in [0.1, 0.15) is 0 Å². The van der Waals surface area contributed by atoms with Crippen LogP contribution in [0.2, 0.25) is 0 Å². The summed E-state index contributed by atoms with van der Waals surface area (Å²) in [4.78, 5) is 0. The Balaban J connectivity index is -0.0000000177. The largest absolute Gasteiger partial charge is 0.673 e. The summed E-state index contributed by atoms with van der Waals surface area (Å²) in [6.07, 6.45) is 0. The Hall–Kier alpha value is -1.29. The van der Waals surface area contributed by atoms with Crippen LogP contribution < -0.4 is 12.3 Å². The van der Waals surface area contributed by atoms with E-state index >= 15 is 0 Å². The number of halogens is 8. The Morgan fingerprint density at radius 2 is 0.389 bits per heavy atom. The predicted octanol–water partition coefficient (Wildman–Crippen LogP) is 5.76. The zero-order valence-electron chi connectivity index (χ0n) is 10.4. The minimum atomic E-state index is -6.00. The van der Waals surface area contributed by atoms with Crippen molar-refractivity contribution in [2.75, 3.05) is 0 Å². The fraction of sp³-hybridized carbons (Fsp3) is 0. The van der Waals surface area contributed by atoms with Gasteiger partial charge in [0.2, 0.25) is 0 Å². The van der Waals surface area contributed by atoms with E-state index in [9.17, 15) is 34.5 Å². The van der Waals surface area contributed by atoms with Crippen molar-refractivity contribution in [1.29, 1.82) is 0 Å². The summed E-state index contributed by atoms with van der Waals surface area (Å²) < 4.78 is 78.0. The van der Waals surface area contributed by atoms with Crippen LogP contribution in [0.15, 0.2) is 39.5 Å². The zero-order chi connectivity index (χ0) is 15.0. The average molecular weight is 294 g/mol. The van der Waals surface area contributed by atoms with Crippen molar-refractivity contribution in [3.05, 3.63) is 39.5 Å². The van der Waals surface area contributed by atoms with Crippen molar-refractivity contribution in [2.45, 2.75) is 0 Å². The maximum atomic E-state index is 9.75. The molecule has 8 N–H and O–H groups in total. The van der Waals surface area contributed by atoms with Gasteiger partial charge in [-0.2, -0.15) is 0 Å². The summed E-state index contributed by atoms with van der Waals surface area (Å²) in [5.41, 5.74) is 0. The van der Waals surface area contributed by atoms with Gasteiger partial charge in [-0.25, -0.2) is 0 Å². The molecule has 116 valence electrons. The van der Waals surface area contributed by atoms with Gasteiger partial charge in [-0.05, 0) is 0 Å². The molecular weight excluding hydrogens is 274 g/mol. The normalized spacial score (nSPS) is 7.33. The van der Waals surface area contributed by atoms with Gasteiger partial charge in [0.05, 0.1) is 0 Å². The molecule has 0 aromatic rings. The molecule has 0 rings (SSSR count). The lowest BCUT2D eigenvalue weighted by Gasteiger charge is -1.94. The Morgan fingerprint density at radius 3 is 0.389 bits per heavy atom. The van der Waals surface area contributed by atoms with Crippen LogP contribution in [-0.4, -0.2) is 14.5 Å². The second-order valence-corrected chi connectivity index (χ2v) is 0.990. The van der Waals surface area contributed by atoms with E-state index in [0.29, 0.717) is 0 Å². The highest BCUT2D eigenvalue weighted by Gasteiger charge is 2.21. The van der Waals surface area contributed by atoms with Crippen LogP contribution in [0.25, 0.3) is 0 Å². The summed E-state index contributed by atoms with van der Waals surface area (Å²) in [5.74, 6) is 0. The molecule has 0 aliphatic rings. The van der Waals surface area contributed by atoms with Gasteiger partial charge >= 0.3 is 14.5 Å². The smallest absolute Gasteiger partial charge is 0.418 e. The predicted molar refractivity (Wildman–Crippen MR) is 66.1 cm³/mol. The van der Waals surface area contributed by atoms with E-state index in [1.165, 1.54) is 0 Å². The third-order valence-corrected chi connectivity index (χ3v) is 0. The van der Waals surface area contributed by atoms with Crippen molar-refractivity contribution >= 4 is 14.5 Å². The first-order valence-corrected chi connectivity index (χ1v) is 3.25. The van der Waals surface area contributed by atoms with Crippen LogP contribution >= 0.6 is 0 Å². The van der Waals surface area contributed by atoms with Crippen LogP contribution in [0.5, 0.6) is 0 Å². The molecule has 2 nitrogen and oxygen atoms in total. The molecule has 12 heteroatoms. The first-order valence-electron chi connectivity index (χ1n) is 3.25. The van der Waals surface area contributed by atoms with E-state index < -0.39 is 14.5 Å². The Morgan fingerprint density at radius 1 is 0.389 bits per heavy atom. The van der Waals surface area contributed by atoms with Crippen molar-refractivity contribution in [3.63, 3.8) is 0 Å². The molecule has 0 aromatic carbocycles. The summed E-state index contributed by atoms with van der Waals surface area (Å²) in [6, 6.07) is 0. The second-order valence-electron chi connectivity index (χ2n) is 0.990. The molecule has 0 saturated heterocycles. The highest BCUT2D eigenvalue weighted by molar-refractivity contribution is 6.50. The monoisotopic (exact) mass is 294 g/mol. The van der Waals surface area contributed by atoms with Crippen molar-refractivity contribution in [2.24, 2.45) is 0 Å². The maximum Gasteiger partial charge on any atom is 0.673 e. The third kappa shape index (κ3) is 1660. The van der Waals surface area contributed by atoms with Crippen LogP contribution in [0.1, 0.15) is 0 Å². The molecule has 0 aliphatic heterocycles. The molecule has 0 bridgehead atoms. The Kier molecular flexibility index (Phi) is 72.0. The highest BCUT2D eigenvalue weighted by atomic mass is 19.5. The quantitative estimate of drug-likeness (QED) is 0.324. The minimum Gasteiger partial charge on any atom is -0.418 e. The van der Waals surface area contributed by atoms with Crippen molar-refractivity contribution < 1.29 is 34.5 Å². The van der Waals surface area contributed by atoms with Crippen molar-refractivity contribution in [3.8, 4) is 0 Å². The van der Waals surface area contributed by atoms with E-state index in [1.807, 2.05) is 0 Å². The van der Waals surface area contributed by atoms with Crippen LogP contribution in [0.4, 0.5) is 34.5 Å². The molecule has 0 radical (unpaired) electrons. The lowest BCUT2D eigenvalue weighted by atomic mass is 10.3. The zero-order valence-corrected chi connectivity index (χ0v) is 10.4. The Bertz CT molecular complexity index is 101. The van der Waals surface area contributed by atoms with E-state index in [0.717, 1.165) is 0 Å². The summed E-state index contributed by atoms with van der Waals surface area (Å²) in [6.45, 7) is 18.0. The number of hydrogen-bond donors (Lipinski definition) is 2. The van der Waals surface area contributed by atoms with Gasteiger partial charge in [0.15, 0.2) is 0 Å². The summed E-state index contributed by atoms with van der Waals surface area (Å²) >= 11 is 0. The molecular formula is C6H20B2F8N2. The molecule has 0 aliphatic carbocycles. The topological polar surface area (TPSA) is 73.0 Å². The number of hydrogen-bond acceptors (Lipinski definition) is 0. The molecule has 0 atom stereocenters. The fourth-order valence-electron chi connectivity index (χ4n) is 0. The highest BCUT2D eigenvalue weighted by Crippen LogP contribution is 2.07. The molecule has 0 aromatic heterocycles. The van der Waals surface area contributed by atoms with Crippen LogP contribution in [0, 0.1) is 0 Å². The lowest BCUT2D eigenvalue weighted by molar-refractivity contribution is 0.366. The maximum absolute atomic E-state index is 9.75. The third-order valence-electron chi connectivity index (χ3n) is 0. The van der Waals surface area contributed by atoms with Crippen LogP contribution in [0.3, 0.4) is 0 Å². The van der Waals surface area contributed by atoms with E-state index in [4.69, 9.17) is 0 Å². The Labute approximate surface area is 102 Å². The SMILES string of the molecule is C=C.C=C.C=C.F[B-](F)(F)F.F[B-](F)(F)F.[NH4+].[NH4+]. The molecule has 0 fully saturated rings. The number of quaternary nitrogens is 2. The second kappa shape index (κ2) is 29.6. The lowest BCUT2D eigenvalue weighted by Crippen LogP contribution is -2.02. The van der Waals surface area contributed by atoms with E-state index in [-0.39, 0.29) is 12.3 Å². The van der Waals surface area contributed by atoms with Crippen LogP contribution in [-0.2, 0) is 0 Å². The molecule has 0 saturated carbocycles. The molecule has 0 amide bonds. The van der Waals surface area contributed by atoms with Crippen molar-refractivity contribution in [1.82, 2.24) is 12.3 Å². The van der Waals surface area contributed by atoms with Gasteiger partial charge in [0.25, 0.3) is 0 Å². The molecule has 18 heavy (non-hydrogen) atoms. The van der Waals surface area contributed by atoms with E-state index in [2.05, 4.69) is 39.5 Å². The average Bonchev–Trinajstić information content (AvgIpc) is 2.08. The van der Waals surface area contributed by atoms with Gasteiger partial charge in [-0.15, -0.1) is 39.5 Å². The van der Waals surface area contributed by atoms with Gasteiger partial charge in [0, 0.05) is 0 Å². The number of rotatable bonds is 0. The van der Waals surface area contributed by atoms with Gasteiger partial charge in [-0.3, -0.25) is 0 Å². The minimum absolute atomic E-state index is 0. The molecule has 0 spiro atoms. The first-order chi connectivity index (χ1) is 7.00. The van der Waals surface area contributed by atoms with Gasteiger partial charge in [-0.1, -0.05) is 0 Å². The molecule has 0 unspecified atom stereocenters. The summed E-state index contributed by atoms with van der Waals surface area (Å²) in [7, 11) is -12.0. The fourth-order valence-corrected chi connectivity index (χ4v) is 0. The first kappa shape index (κ1) is 43.7.